The number of fused-ring (bicyclic) bond motifs is 1. The van der Waals surface area contributed by atoms with Crippen LogP contribution in [0.15, 0.2) is 6.07 Å². The molecule has 5 heteroatoms. The van der Waals surface area contributed by atoms with E-state index in [1.165, 1.54) is 7.11 Å². The number of Topliss-reactive ketones (excluding diaryl/α,β-unsaturated/α-hetero) is 1. The number of benzene rings is 1. The van der Waals surface area contributed by atoms with Crippen LogP contribution in [0.2, 0.25) is 0 Å². The van der Waals surface area contributed by atoms with Gasteiger partial charge in [-0.1, -0.05) is 0 Å². The van der Waals surface area contributed by atoms with Gasteiger partial charge in [-0.15, -0.1) is 0 Å². The highest BCUT2D eigenvalue weighted by Gasteiger charge is 2.26. The van der Waals surface area contributed by atoms with Crippen LogP contribution in [0, 0.1) is 6.92 Å². The lowest BCUT2D eigenvalue weighted by molar-refractivity contribution is 0.0899. The Balaban J connectivity index is 2.61. The van der Waals surface area contributed by atoms with Crippen molar-refractivity contribution < 1.29 is 24.1 Å². The molecule has 0 amide bonds. The van der Waals surface area contributed by atoms with Crippen molar-refractivity contribution in [1.82, 2.24) is 0 Å². The third-order valence-electron chi connectivity index (χ3n) is 2.51. The predicted octanol–water partition coefficient (Wildman–Crippen LogP) is 0.907. The highest BCUT2D eigenvalue weighted by Crippen LogP contribution is 2.43. The maximum atomic E-state index is 11.5. The van der Waals surface area contributed by atoms with E-state index in [1.54, 1.807) is 6.07 Å². The second kappa shape index (κ2) is 4.02. The maximum absolute atomic E-state index is 11.5. The number of aliphatic hydroxyl groups is 1. The zero-order chi connectivity index (χ0) is 11.7. The number of aliphatic hydroxyl groups excluding tert-OH is 1. The molecule has 0 saturated heterocycles. The molecule has 0 aliphatic carbocycles. The standard InChI is InChI=1S/C11H12O5/c1-6-9(14-2)3-7(8(13)4-12)11-10(6)15-5-16-11/h3,12H,4-5H2,1-2H3. The van der Waals surface area contributed by atoms with Crippen molar-refractivity contribution in [2.24, 2.45) is 0 Å². The van der Waals surface area contributed by atoms with Crippen LogP contribution in [0.4, 0.5) is 0 Å². The lowest BCUT2D eigenvalue weighted by atomic mass is 10.1. The first kappa shape index (κ1) is 10.8. The summed E-state index contributed by atoms with van der Waals surface area (Å²) in [6.07, 6.45) is 0. The Hall–Kier alpha value is -1.75. The summed E-state index contributed by atoms with van der Waals surface area (Å²) < 4.78 is 15.6. The first-order chi connectivity index (χ1) is 7.69. The van der Waals surface area contributed by atoms with E-state index in [2.05, 4.69) is 0 Å². The topological polar surface area (TPSA) is 65.0 Å². The Morgan fingerprint density at radius 1 is 1.50 bits per heavy atom. The smallest absolute Gasteiger partial charge is 0.231 e. The minimum atomic E-state index is -0.567. The van der Waals surface area contributed by atoms with Crippen molar-refractivity contribution >= 4 is 5.78 Å². The van der Waals surface area contributed by atoms with Crippen LogP contribution in [-0.4, -0.2) is 31.4 Å². The number of carbonyl (C=O) groups is 1. The van der Waals surface area contributed by atoms with Gasteiger partial charge in [-0.05, 0) is 13.0 Å². The predicted molar refractivity (Wildman–Crippen MR) is 55.3 cm³/mol. The third kappa shape index (κ3) is 1.49. The molecular formula is C11H12O5. The van der Waals surface area contributed by atoms with Crippen molar-refractivity contribution in [3.8, 4) is 17.2 Å². The fraction of sp³-hybridized carbons (Fsp3) is 0.364. The lowest BCUT2D eigenvalue weighted by Gasteiger charge is -2.10. The Morgan fingerprint density at radius 2 is 2.19 bits per heavy atom. The average molecular weight is 224 g/mol. The Morgan fingerprint density at radius 3 is 2.81 bits per heavy atom. The molecule has 0 bridgehead atoms. The zero-order valence-corrected chi connectivity index (χ0v) is 9.07. The largest absolute Gasteiger partial charge is 0.496 e. The molecule has 86 valence electrons. The fourth-order valence-corrected chi connectivity index (χ4v) is 1.68. The summed E-state index contributed by atoms with van der Waals surface area (Å²) in [6.45, 7) is 1.33. The van der Waals surface area contributed by atoms with Crippen LogP contribution >= 0.6 is 0 Å². The highest BCUT2D eigenvalue weighted by atomic mass is 16.7. The van der Waals surface area contributed by atoms with Gasteiger partial charge in [-0.25, -0.2) is 0 Å². The summed E-state index contributed by atoms with van der Waals surface area (Å²) in [7, 11) is 1.51. The lowest BCUT2D eigenvalue weighted by Crippen LogP contribution is -2.06. The van der Waals surface area contributed by atoms with E-state index < -0.39 is 12.4 Å². The van der Waals surface area contributed by atoms with Crippen molar-refractivity contribution in [2.45, 2.75) is 6.92 Å². The molecule has 0 saturated carbocycles. The van der Waals surface area contributed by atoms with Gasteiger partial charge in [0.2, 0.25) is 6.79 Å². The number of hydrogen-bond donors (Lipinski definition) is 1. The number of carbonyl (C=O) groups excluding carboxylic acids is 1. The van der Waals surface area contributed by atoms with Crippen LogP contribution in [-0.2, 0) is 0 Å². The number of ether oxygens (including phenoxy) is 3. The van der Waals surface area contributed by atoms with Crippen molar-refractivity contribution in [3.05, 3.63) is 17.2 Å². The molecule has 2 rings (SSSR count). The highest BCUT2D eigenvalue weighted by molar-refractivity contribution is 6.01. The van der Waals surface area contributed by atoms with Gasteiger partial charge in [0, 0.05) is 5.56 Å². The van der Waals surface area contributed by atoms with E-state index in [-0.39, 0.29) is 12.4 Å². The van der Waals surface area contributed by atoms with Gasteiger partial charge in [-0.2, -0.15) is 0 Å². The normalized spacial score (nSPS) is 12.7. The number of hydrogen-bond acceptors (Lipinski definition) is 5. The number of rotatable bonds is 3. The van der Waals surface area contributed by atoms with Crippen LogP contribution in [0.25, 0.3) is 0 Å². The van der Waals surface area contributed by atoms with Crippen molar-refractivity contribution in [3.63, 3.8) is 0 Å². The molecule has 1 aliphatic heterocycles. The molecule has 0 atom stereocenters. The van der Waals surface area contributed by atoms with E-state index in [0.29, 0.717) is 17.2 Å². The Bertz CT molecular complexity index is 438. The minimum absolute atomic E-state index is 0.0784. The van der Waals surface area contributed by atoms with Gasteiger partial charge >= 0.3 is 0 Å². The van der Waals surface area contributed by atoms with Crippen LogP contribution < -0.4 is 14.2 Å². The van der Waals surface area contributed by atoms with Crippen LogP contribution in [0.3, 0.4) is 0 Å². The molecule has 1 aromatic carbocycles. The van der Waals surface area contributed by atoms with E-state index in [4.69, 9.17) is 19.3 Å². The van der Waals surface area contributed by atoms with E-state index >= 15 is 0 Å². The molecule has 0 radical (unpaired) electrons. The van der Waals surface area contributed by atoms with E-state index in [9.17, 15) is 4.79 Å². The van der Waals surface area contributed by atoms with Gasteiger partial charge in [0.05, 0.1) is 12.7 Å². The van der Waals surface area contributed by atoms with Gasteiger partial charge in [-0.3, -0.25) is 4.79 Å². The van der Waals surface area contributed by atoms with Crippen molar-refractivity contribution in [1.29, 1.82) is 0 Å². The molecule has 5 nitrogen and oxygen atoms in total. The van der Waals surface area contributed by atoms with E-state index in [1.807, 2.05) is 6.92 Å². The molecule has 0 unspecified atom stereocenters. The molecular weight excluding hydrogens is 212 g/mol. The van der Waals surface area contributed by atoms with Gasteiger partial charge < -0.3 is 19.3 Å². The fourth-order valence-electron chi connectivity index (χ4n) is 1.68. The van der Waals surface area contributed by atoms with Gasteiger partial charge in [0.15, 0.2) is 17.3 Å². The molecule has 16 heavy (non-hydrogen) atoms. The molecule has 0 fully saturated rings. The first-order valence-corrected chi connectivity index (χ1v) is 4.80. The SMILES string of the molecule is COc1cc(C(=O)CO)c2c(c1C)OCO2. The van der Waals surface area contributed by atoms with Crippen LogP contribution in [0.5, 0.6) is 17.2 Å². The summed E-state index contributed by atoms with van der Waals surface area (Å²) in [5.74, 6) is 1.02. The Kier molecular flexibility index (Phi) is 2.70. The monoisotopic (exact) mass is 224 g/mol. The zero-order valence-electron chi connectivity index (χ0n) is 9.07. The quantitative estimate of drug-likeness (QED) is 0.773. The second-order valence-electron chi connectivity index (χ2n) is 3.40. The average Bonchev–Trinajstić information content (AvgIpc) is 2.78. The van der Waals surface area contributed by atoms with E-state index in [0.717, 1.165) is 5.56 Å². The maximum Gasteiger partial charge on any atom is 0.231 e. The molecule has 0 spiro atoms. The molecule has 1 aromatic rings. The first-order valence-electron chi connectivity index (χ1n) is 4.80. The summed E-state index contributed by atoms with van der Waals surface area (Å²) in [4.78, 5) is 11.5. The second-order valence-corrected chi connectivity index (χ2v) is 3.40. The molecule has 1 heterocycles. The number of ketones is 1. The molecule has 1 N–H and O–H groups in total. The summed E-state index contributed by atoms with van der Waals surface area (Å²) in [5, 5.41) is 8.87. The molecule has 1 aliphatic rings. The Labute approximate surface area is 92.5 Å². The van der Waals surface area contributed by atoms with Gasteiger partial charge in [0.25, 0.3) is 0 Å². The minimum Gasteiger partial charge on any atom is -0.496 e. The summed E-state index contributed by atoms with van der Waals surface area (Å²) in [6, 6.07) is 1.56. The van der Waals surface area contributed by atoms with Gasteiger partial charge in [0.1, 0.15) is 12.4 Å². The third-order valence-corrected chi connectivity index (χ3v) is 2.51. The van der Waals surface area contributed by atoms with Crippen molar-refractivity contribution in [2.75, 3.05) is 20.5 Å². The summed E-state index contributed by atoms with van der Waals surface area (Å²) in [5.41, 5.74) is 1.07. The summed E-state index contributed by atoms with van der Waals surface area (Å²) >= 11 is 0. The molecule has 0 aromatic heterocycles. The van der Waals surface area contributed by atoms with Crippen LogP contribution in [0.1, 0.15) is 15.9 Å². The number of methoxy groups -OCH3 is 1.